The Hall–Kier alpha value is -2.30. The third kappa shape index (κ3) is 3.60. The summed E-state index contributed by atoms with van der Waals surface area (Å²) in [5.74, 6) is 2.42. The number of sulfonamides is 1. The standard InChI is InChI=1S/C17H21N3O6S/c1-23-14-11-16-15(25-12-26-16)10-13(14)17-18-2-3-19(17)6-9-27(21,22)20-4-7-24-8-5-20/h2-3,10-11H,4-9,12H2,1H3. The molecule has 0 saturated carbocycles. The Bertz CT molecular complexity index is 921. The molecule has 9 nitrogen and oxygen atoms in total. The van der Waals surface area contributed by atoms with E-state index >= 15 is 0 Å². The van der Waals surface area contributed by atoms with E-state index in [1.807, 2.05) is 0 Å². The molecule has 0 spiro atoms. The average molecular weight is 395 g/mol. The van der Waals surface area contributed by atoms with Crippen LogP contribution in [0.1, 0.15) is 0 Å². The van der Waals surface area contributed by atoms with E-state index in [1.165, 1.54) is 4.31 Å². The van der Waals surface area contributed by atoms with E-state index in [2.05, 4.69) is 4.98 Å². The molecule has 1 saturated heterocycles. The van der Waals surface area contributed by atoms with E-state index in [0.717, 1.165) is 5.56 Å². The van der Waals surface area contributed by atoms with Crippen molar-refractivity contribution in [3.05, 3.63) is 24.5 Å². The molecule has 0 amide bonds. The van der Waals surface area contributed by atoms with Gasteiger partial charge in [0.1, 0.15) is 11.6 Å². The topological polar surface area (TPSA) is 92.1 Å². The van der Waals surface area contributed by atoms with Gasteiger partial charge in [-0.1, -0.05) is 0 Å². The zero-order valence-corrected chi connectivity index (χ0v) is 15.8. The zero-order chi connectivity index (χ0) is 18.9. The van der Waals surface area contributed by atoms with Gasteiger partial charge in [-0.3, -0.25) is 0 Å². The second-order valence-corrected chi connectivity index (χ2v) is 8.27. The van der Waals surface area contributed by atoms with Gasteiger partial charge in [-0.2, -0.15) is 4.31 Å². The minimum atomic E-state index is -3.35. The van der Waals surface area contributed by atoms with E-state index in [0.29, 0.717) is 49.4 Å². The van der Waals surface area contributed by atoms with Crippen LogP contribution < -0.4 is 14.2 Å². The van der Waals surface area contributed by atoms with Crippen molar-refractivity contribution in [1.82, 2.24) is 13.9 Å². The number of fused-ring (bicyclic) bond motifs is 1. The normalized spacial score (nSPS) is 17.2. The monoisotopic (exact) mass is 395 g/mol. The molecule has 1 aromatic heterocycles. The summed E-state index contributed by atoms with van der Waals surface area (Å²) in [5.41, 5.74) is 0.718. The van der Waals surface area contributed by atoms with E-state index < -0.39 is 10.0 Å². The van der Waals surface area contributed by atoms with Gasteiger partial charge in [-0.25, -0.2) is 13.4 Å². The van der Waals surface area contributed by atoms with E-state index in [9.17, 15) is 8.42 Å². The Kier molecular flexibility index (Phi) is 4.94. The molecule has 0 atom stereocenters. The number of imidazole rings is 1. The fraction of sp³-hybridized carbons (Fsp3) is 0.471. The summed E-state index contributed by atoms with van der Waals surface area (Å²) in [6.45, 7) is 2.11. The number of nitrogens with zero attached hydrogens (tertiary/aromatic N) is 3. The van der Waals surface area contributed by atoms with Crippen LogP contribution >= 0.6 is 0 Å². The summed E-state index contributed by atoms with van der Waals surface area (Å²) < 4.78 is 50.0. The Balaban J connectivity index is 1.57. The van der Waals surface area contributed by atoms with Gasteiger partial charge in [0.2, 0.25) is 16.8 Å². The number of morpholine rings is 1. The summed E-state index contributed by atoms with van der Waals surface area (Å²) in [6, 6.07) is 3.55. The summed E-state index contributed by atoms with van der Waals surface area (Å²) in [7, 11) is -1.79. The van der Waals surface area contributed by atoms with E-state index in [1.54, 1.807) is 36.2 Å². The molecule has 2 aliphatic rings. The fourth-order valence-electron chi connectivity index (χ4n) is 3.17. The average Bonchev–Trinajstić information content (AvgIpc) is 3.34. The first-order valence-electron chi connectivity index (χ1n) is 8.63. The Morgan fingerprint density at radius 3 is 2.67 bits per heavy atom. The largest absolute Gasteiger partial charge is 0.496 e. The number of benzene rings is 1. The Labute approximate surface area is 157 Å². The molecule has 0 bridgehead atoms. The molecule has 146 valence electrons. The molecule has 1 fully saturated rings. The lowest BCUT2D eigenvalue weighted by Crippen LogP contribution is -2.42. The number of aryl methyl sites for hydroxylation is 1. The second kappa shape index (κ2) is 7.37. The van der Waals surface area contributed by atoms with Crippen molar-refractivity contribution in [2.24, 2.45) is 0 Å². The highest BCUT2D eigenvalue weighted by molar-refractivity contribution is 7.89. The number of ether oxygens (including phenoxy) is 4. The van der Waals surface area contributed by atoms with Gasteiger partial charge >= 0.3 is 0 Å². The molecular weight excluding hydrogens is 374 g/mol. The quantitative estimate of drug-likeness (QED) is 0.719. The van der Waals surface area contributed by atoms with Gasteiger partial charge in [0.15, 0.2) is 11.5 Å². The van der Waals surface area contributed by atoms with Crippen molar-refractivity contribution < 1.29 is 27.4 Å². The molecule has 0 radical (unpaired) electrons. The molecule has 2 aromatic rings. The third-order valence-corrected chi connectivity index (χ3v) is 6.46. The lowest BCUT2D eigenvalue weighted by Gasteiger charge is -2.26. The lowest BCUT2D eigenvalue weighted by molar-refractivity contribution is 0.0730. The third-order valence-electron chi connectivity index (χ3n) is 4.60. The van der Waals surface area contributed by atoms with Crippen LogP contribution in [0.4, 0.5) is 0 Å². The Morgan fingerprint density at radius 2 is 1.93 bits per heavy atom. The predicted octanol–water partition coefficient (Wildman–Crippen LogP) is 0.949. The maximum absolute atomic E-state index is 12.6. The van der Waals surface area contributed by atoms with Crippen molar-refractivity contribution in [3.8, 4) is 28.6 Å². The van der Waals surface area contributed by atoms with E-state index in [4.69, 9.17) is 18.9 Å². The van der Waals surface area contributed by atoms with Gasteiger partial charge in [-0.15, -0.1) is 0 Å². The maximum atomic E-state index is 12.6. The molecular formula is C17H21N3O6S. The van der Waals surface area contributed by atoms with Gasteiger partial charge in [0, 0.05) is 38.1 Å². The smallest absolute Gasteiger partial charge is 0.231 e. The Morgan fingerprint density at radius 1 is 1.19 bits per heavy atom. The first-order valence-corrected chi connectivity index (χ1v) is 10.2. The fourth-order valence-corrected chi connectivity index (χ4v) is 4.56. The van der Waals surface area contributed by atoms with Crippen LogP contribution in [0.25, 0.3) is 11.4 Å². The molecule has 4 rings (SSSR count). The molecule has 0 N–H and O–H groups in total. The number of hydrogen-bond acceptors (Lipinski definition) is 7. The van der Waals surface area contributed by atoms with Crippen LogP contribution in [0, 0.1) is 0 Å². The van der Waals surface area contributed by atoms with Crippen molar-refractivity contribution in [3.63, 3.8) is 0 Å². The van der Waals surface area contributed by atoms with Crippen molar-refractivity contribution >= 4 is 10.0 Å². The lowest BCUT2D eigenvalue weighted by atomic mass is 10.1. The maximum Gasteiger partial charge on any atom is 0.231 e. The van der Waals surface area contributed by atoms with Crippen molar-refractivity contribution in [1.29, 1.82) is 0 Å². The number of hydrogen-bond donors (Lipinski definition) is 0. The first-order chi connectivity index (χ1) is 13.1. The summed E-state index contributed by atoms with van der Waals surface area (Å²) in [4.78, 5) is 4.39. The predicted molar refractivity (Wildman–Crippen MR) is 96.5 cm³/mol. The van der Waals surface area contributed by atoms with Gasteiger partial charge in [0.05, 0.1) is 31.6 Å². The second-order valence-electron chi connectivity index (χ2n) is 6.18. The number of rotatable bonds is 6. The van der Waals surface area contributed by atoms with Gasteiger partial charge in [0.25, 0.3) is 0 Å². The van der Waals surface area contributed by atoms with Gasteiger partial charge < -0.3 is 23.5 Å². The number of aromatic nitrogens is 2. The molecule has 10 heteroatoms. The van der Waals surface area contributed by atoms with Crippen LogP contribution in [-0.2, 0) is 21.3 Å². The first kappa shape index (κ1) is 18.1. The number of methoxy groups -OCH3 is 1. The molecule has 2 aliphatic heterocycles. The highest BCUT2D eigenvalue weighted by Crippen LogP contribution is 2.41. The molecule has 0 unspecified atom stereocenters. The minimum absolute atomic E-state index is 0.0107. The molecule has 3 heterocycles. The summed E-state index contributed by atoms with van der Waals surface area (Å²) >= 11 is 0. The van der Waals surface area contributed by atoms with Crippen LogP contribution in [0.5, 0.6) is 17.2 Å². The van der Waals surface area contributed by atoms with Crippen LogP contribution in [0.2, 0.25) is 0 Å². The van der Waals surface area contributed by atoms with Crippen LogP contribution in [0.3, 0.4) is 0 Å². The highest BCUT2D eigenvalue weighted by Gasteiger charge is 2.25. The van der Waals surface area contributed by atoms with Crippen LogP contribution in [0.15, 0.2) is 24.5 Å². The summed E-state index contributed by atoms with van der Waals surface area (Å²) in [6.07, 6.45) is 3.40. The zero-order valence-electron chi connectivity index (χ0n) is 15.0. The molecule has 0 aliphatic carbocycles. The highest BCUT2D eigenvalue weighted by atomic mass is 32.2. The van der Waals surface area contributed by atoms with Crippen LogP contribution in [-0.4, -0.2) is 68.2 Å². The molecule has 27 heavy (non-hydrogen) atoms. The van der Waals surface area contributed by atoms with Crippen molar-refractivity contribution in [2.75, 3.05) is 46.0 Å². The van der Waals surface area contributed by atoms with E-state index in [-0.39, 0.29) is 19.1 Å². The minimum Gasteiger partial charge on any atom is -0.496 e. The van der Waals surface area contributed by atoms with Gasteiger partial charge in [-0.05, 0) is 6.07 Å². The summed E-state index contributed by atoms with van der Waals surface area (Å²) in [5, 5.41) is 0. The SMILES string of the molecule is COc1cc2c(cc1-c1nccn1CCS(=O)(=O)N1CCOCC1)OCO2. The van der Waals surface area contributed by atoms with Crippen molar-refractivity contribution in [2.45, 2.75) is 6.54 Å². The molecule has 1 aromatic carbocycles.